The second kappa shape index (κ2) is 7.20. The number of carbonyl (C=O) groups excluding carboxylic acids is 1. The second-order valence-corrected chi connectivity index (χ2v) is 6.28. The van der Waals surface area contributed by atoms with Crippen molar-refractivity contribution in [3.05, 3.63) is 22.4 Å². The highest BCUT2D eigenvalue weighted by Gasteiger charge is 2.41. The van der Waals surface area contributed by atoms with Gasteiger partial charge in [-0.05, 0) is 31.2 Å². The maximum atomic E-state index is 12.6. The average Bonchev–Trinajstić information content (AvgIpc) is 3.05. The van der Waals surface area contributed by atoms with Gasteiger partial charge in [0.2, 0.25) is 5.91 Å². The molecule has 0 spiro atoms. The van der Waals surface area contributed by atoms with E-state index in [-0.39, 0.29) is 24.2 Å². The van der Waals surface area contributed by atoms with Gasteiger partial charge in [0.1, 0.15) is 6.17 Å². The van der Waals surface area contributed by atoms with Gasteiger partial charge in [0, 0.05) is 24.6 Å². The molecule has 1 aromatic rings. The molecule has 4 nitrogen and oxygen atoms in total. The van der Waals surface area contributed by atoms with Crippen LogP contribution in [-0.2, 0) is 9.53 Å². The highest BCUT2D eigenvalue weighted by Crippen LogP contribution is 2.32. The summed E-state index contributed by atoms with van der Waals surface area (Å²) in [7, 11) is 1.70. The molecule has 3 unspecified atom stereocenters. The van der Waals surface area contributed by atoms with Crippen molar-refractivity contribution in [1.82, 2.24) is 10.2 Å². The Bertz CT molecular complexity index is 422. The molecule has 3 atom stereocenters. The molecule has 0 saturated carbocycles. The predicted molar refractivity (Wildman–Crippen MR) is 81.7 cm³/mol. The molecule has 1 fully saturated rings. The summed E-state index contributed by atoms with van der Waals surface area (Å²) in [6.07, 6.45) is 2.80. The fraction of sp³-hybridized carbons (Fsp3) is 0.667. The van der Waals surface area contributed by atoms with Gasteiger partial charge in [0.05, 0.1) is 6.04 Å². The smallest absolute Gasteiger partial charge is 0.241 e. The molecule has 0 bridgehead atoms. The number of hydrogen-bond acceptors (Lipinski definition) is 4. The van der Waals surface area contributed by atoms with Crippen molar-refractivity contribution in [1.29, 1.82) is 0 Å². The van der Waals surface area contributed by atoms with E-state index in [4.69, 9.17) is 4.74 Å². The van der Waals surface area contributed by atoms with Gasteiger partial charge in [-0.3, -0.25) is 10.1 Å². The summed E-state index contributed by atoms with van der Waals surface area (Å²) < 4.78 is 5.15. The lowest BCUT2D eigenvalue weighted by atomic mass is 10.1. The van der Waals surface area contributed by atoms with E-state index in [2.05, 4.69) is 30.6 Å². The Hall–Kier alpha value is -0.910. The van der Waals surface area contributed by atoms with E-state index in [1.165, 1.54) is 4.88 Å². The zero-order chi connectivity index (χ0) is 14.5. The molecule has 2 rings (SSSR count). The van der Waals surface area contributed by atoms with Gasteiger partial charge in [-0.1, -0.05) is 19.4 Å². The summed E-state index contributed by atoms with van der Waals surface area (Å²) in [5, 5.41) is 5.56. The number of thiophene rings is 1. The number of nitrogens with zero attached hydrogens (tertiary/aromatic N) is 1. The average molecular weight is 296 g/mol. The van der Waals surface area contributed by atoms with Crippen molar-refractivity contribution < 1.29 is 9.53 Å². The van der Waals surface area contributed by atoms with E-state index in [0.717, 1.165) is 19.3 Å². The predicted octanol–water partition coefficient (Wildman–Crippen LogP) is 2.77. The molecule has 112 valence electrons. The molecule has 2 heterocycles. The van der Waals surface area contributed by atoms with Gasteiger partial charge >= 0.3 is 0 Å². The molecule has 1 aromatic heterocycles. The van der Waals surface area contributed by atoms with E-state index in [1.54, 1.807) is 18.4 Å². The summed E-state index contributed by atoms with van der Waals surface area (Å²) in [6.45, 7) is 4.90. The molecule has 1 saturated heterocycles. The standard InChI is InChI=1S/C15H24N2O2S/c1-4-6-12-15(18)17(11(2)8-9-19-3)14(16-12)13-7-5-10-20-13/h5,7,10-12,14,16H,4,6,8-9H2,1-3H3. The molecule has 1 N–H and O–H groups in total. The van der Waals surface area contributed by atoms with Gasteiger partial charge in [-0.15, -0.1) is 11.3 Å². The number of methoxy groups -OCH3 is 1. The first-order valence-corrected chi connectivity index (χ1v) is 8.17. The van der Waals surface area contributed by atoms with Crippen molar-refractivity contribution in [2.45, 2.75) is 51.4 Å². The number of carbonyl (C=O) groups is 1. The Morgan fingerprint density at radius 2 is 2.35 bits per heavy atom. The van der Waals surface area contributed by atoms with Crippen molar-refractivity contribution in [3.63, 3.8) is 0 Å². The van der Waals surface area contributed by atoms with Crippen LogP contribution in [0.2, 0.25) is 0 Å². The topological polar surface area (TPSA) is 41.6 Å². The van der Waals surface area contributed by atoms with Crippen LogP contribution >= 0.6 is 11.3 Å². The van der Waals surface area contributed by atoms with Crippen molar-refractivity contribution in [3.8, 4) is 0 Å². The lowest BCUT2D eigenvalue weighted by Crippen LogP contribution is -2.38. The minimum Gasteiger partial charge on any atom is -0.385 e. The Labute approximate surface area is 125 Å². The van der Waals surface area contributed by atoms with Crippen LogP contribution in [0.15, 0.2) is 17.5 Å². The van der Waals surface area contributed by atoms with E-state index < -0.39 is 0 Å². The zero-order valence-electron chi connectivity index (χ0n) is 12.5. The third kappa shape index (κ3) is 3.22. The van der Waals surface area contributed by atoms with Crippen molar-refractivity contribution in [2.24, 2.45) is 0 Å². The van der Waals surface area contributed by atoms with Gasteiger partial charge in [0.15, 0.2) is 0 Å². The van der Waals surface area contributed by atoms with Crippen LogP contribution in [0.5, 0.6) is 0 Å². The summed E-state index contributed by atoms with van der Waals surface area (Å²) in [4.78, 5) is 15.8. The number of nitrogens with one attached hydrogen (secondary N) is 1. The van der Waals surface area contributed by atoms with Crippen LogP contribution in [0.1, 0.15) is 44.2 Å². The SMILES string of the molecule is CCCC1NC(c2cccs2)N(C(C)CCOC)C1=O. The molecular weight excluding hydrogens is 272 g/mol. The van der Waals surface area contributed by atoms with Gasteiger partial charge in [0.25, 0.3) is 0 Å². The molecule has 1 aliphatic heterocycles. The first-order chi connectivity index (χ1) is 9.69. The normalized spacial score (nSPS) is 24.4. The molecule has 5 heteroatoms. The maximum Gasteiger partial charge on any atom is 0.241 e. The number of rotatable bonds is 7. The van der Waals surface area contributed by atoms with Gasteiger partial charge in [-0.25, -0.2) is 0 Å². The van der Waals surface area contributed by atoms with Crippen molar-refractivity contribution in [2.75, 3.05) is 13.7 Å². The summed E-state index contributed by atoms with van der Waals surface area (Å²) in [5.41, 5.74) is 0. The highest BCUT2D eigenvalue weighted by atomic mass is 32.1. The summed E-state index contributed by atoms with van der Waals surface area (Å²) in [6, 6.07) is 4.28. The summed E-state index contributed by atoms with van der Waals surface area (Å²) in [5.74, 6) is 0.230. The van der Waals surface area contributed by atoms with E-state index in [1.807, 2.05) is 11.0 Å². The Balaban J connectivity index is 2.16. The fourth-order valence-electron chi connectivity index (χ4n) is 2.71. The van der Waals surface area contributed by atoms with Crippen molar-refractivity contribution >= 4 is 17.2 Å². The van der Waals surface area contributed by atoms with E-state index in [9.17, 15) is 4.79 Å². The minimum absolute atomic E-state index is 0.0194. The van der Waals surface area contributed by atoms with Crippen LogP contribution in [0.4, 0.5) is 0 Å². The molecular formula is C15H24N2O2S. The van der Waals surface area contributed by atoms with Crippen LogP contribution in [0.3, 0.4) is 0 Å². The zero-order valence-corrected chi connectivity index (χ0v) is 13.3. The number of ether oxygens (including phenoxy) is 1. The number of amides is 1. The van der Waals surface area contributed by atoms with E-state index in [0.29, 0.717) is 6.61 Å². The lowest BCUT2D eigenvalue weighted by molar-refractivity contribution is -0.132. The Kier molecular flexibility index (Phi) is 5.57. The number of hydrogen-bond donors (Lipinski definition) is 1. The molecule has 20 heavy (non-hydrogen) atoms. The Morgan fingerprint density at radius 1 is 1.55 bits per heavy atom. The molecule has 0 aromatic carbocycles. The van der Waals surface area contributed by atoms with Crippen LogP contribution in [0.25, 0.3) is 0 Å². The molecule has 1 amide bonds. The minimum atomic E-state index is -0.0444. The third-order valence-electron chi connectivity index (χ3n) is 3.79. The van der Waals surface area contributed by atoms with E-state index >= 15 is 0 Å². The van der Waals surface area contributed by atoms with Gasteiger partial charge < -0.3 is 9.64 Å². The largest absolute Gasteiger partial charge is 0.385 e. The van der Waals surface area contributed by atoms with Gasteiger partial charge in [-0.2, -0.15) is 0 Å². The maximum absolute atomic E-state index is 12.6. The monoisotopic (exact) mass is 296 g/mol. The fourth-order valence-corrected chi connectivity index (χ4v) is 3.49. The molecule has 1 aliphatic rings. The molecule has 0 radical (unpaired) electrons. The molecule has 0 aliphatic carbocycles. The third-order valence-corrected chi connectivity index (χ3v) is 4.72. The highest BCUT2D eigenvalue weighted by molar-refractivity contribution is 7.10. The van der Waals surface area contributed by atoms with Crippen LogP contribution in [-0.4, -0.2) is 36.6 Å². The Morgan fingerprint density at radius 3 is 2.95 bits per heavy atom. The van der Waals surface area contributed by atoms with Crippen LogP contribution in [0, 0.1) is 0 Å². The second-order valence-electron chi connectivity index (χ2n) is 5.30. The quantitative estimate of drug-likeness (QED) is 0.841. The van der Waals surface area contributed by atoms with Crippen LogP contribution < -0.4 is 5.32 Å². The first kappa shape index (κ1) is 15.5. The summed E-state index contributed by atoms with van der Waals surface area (Å²) >= 11 is 1.70. The first-order valence-electron chi connectivity index (χ1n) is 7.29. The lowest BCUT2D eigenvalue weighted by Gasteiger charge is -2.29.